The monoisotopic (exact) mass is 281 g/mol. The standard InChI is InChI=1S/C14H20BrN/c1-11(8-9-16-14-6-7-14)10-12-2-4-13(15)5-3-12/h2-5,11,14,16H,6-10H2,1H3. The third-order valence-corrected chi connectivity index (χ3v) is 3.67. The van der Waals surface area contributed by atoms with Crippen molar-refractivity contribution in [3.8, 4) is 0 Å². The van der Waals surface area contributed by atoms with Crippen LogP contribution in [0.25, 0.3) is 0 Å². The normalized spacial score (nSPS) is 17.4. The molecule has 1 saturated carbocycles. The van der Waals surface area contributed by atoms with E-state index < -0.39 is 0 Å². The Kier molecular flexibility index (Phi) is 4.42. The zero-order valence-electron chi connectivity index (χ0n) is 9.88. The second-order valence-electron chi connectivity index (χ2n) is 4.95. The zero-order chi connectivity index (χ0) is 11.4. The number of halogens is 1. The van der Waals surface area contributed by atoms with Crippen LogP contribution in [0.15, 0.2) is 28.7 Å². The van der Waals surface area contributed by atoms with Gasteiger partial charge in [0.25, 0.3) is 0 Å². The first kappa shape index (κ1) is 12.1. The fraction of sp³-hybridized carbons (Fsp3) is 0.571. The van der Waals surface area contributed by atoms with E-state index in [1.807, 2.05) is 0 Å². The summed E-state index contributed by atoms with van der Waals surface area (Å²) in [6.45, 7) is 3.53. The molecule has 0 heterocycles. The highest BCUT2D eigenvalue weighted by molar-refractivity contribution is 9.10. The van der Waals surface area contributed by atoms with Crippen molar-refractivity contribution in [2.45, 2.75) is 38.6 Å². The maximum atomic E-state index is 3.57. The van der Waals surface area contributed by atoms with Crippen LogP contribution >= 0.6 is 15.9 Å². The second-order valence-corrected chi connectivity index (χ2v) is 5.87. The Bertz CT molecular complexity index is 316. The average molecular weight is 282 g/mol. The smallest absolute Gasteiger partial charge is 0.0175 e. The van der Waals surface area contributed by atoms with Crippen LogP contribution in [0, 0.1) is 5.92 Å². The molecule has 1 aromatic carbocycles. The topological polar surface area (TPSA) is 12.0 Å². The lowest BCUT2D eigenvalue weighted by molar-refractivity contribution is 0.497. The van der Waals surface area contributed by atoms with E-state index in [1.165, 1.54) is 42.3 Å². The predicted octanol–water partition coefficient (Wildman–Crippen LogP) is 3.77. The first-order chi connectivity index (χ1) is 7.74. The van der Waals surface area contributed by atoms with E-state index in [2.05, 4.69) is 52.4 Å². The molecule has 1 aliphatic carbocycles. The SMILES string of the molecule is CC(CCNC1CC1)Cc1ccc(Br)cc1. The van der Waals surface area contributed by atoms with Crippen LogP contribution in [0.2, 0.25) is 0 Å². The Morgan fingerprint density at radius 3 is 2.62 bits per heavy atom. The fourth-order valence-electron chi connectivity index (χ4n) is 1.95. The number of nitrogens with one attached hydrogen (secondary N) is 1. The van der Waals surface area contributed by atoms with Gasteiger partial charge in [-0.05, 0) is 55.8 Å². The molecule has 0 radical (unpaired) electrons. The van der Waals surface area contributed by atoms with Crippen LogP contribution in [0.1, 0.15) is 31.7 Å². The van der Waals surface area contributed by atoms with E-state index in [0.717, 1.165) is 12.0 Å². The number of rotatable bonds is 6. The van der Waals surface area contributed by atoms with Gasteiger partial charge in [-0.25, -0.2) is 0 Å². The Morgan fingerprint density at radius 1 is 1.31 bits per heavy atom. The predicted molar refractivity (Wildman–Crippen MR) is 72.7 cm³/mol. The molecular formula is C14H20BrN. The van der Waals surface area contributed by atoms with Crippen molar-refractivity contribution < 1.29 is 0 Å². The molecule has 88 valence electrons. The summed E-state index contributed by atoms with van der Waals surface area (Å²) in [5, 5.41) is 3.57. The maximum Gasteiger partial charge on any atom is 0.0175 e. The van der Waals surface area contributed by atoms with Crippen LogP contribution in [-0.2, 0) is 6.42 Å². The van der Waals surface area contributed by atoms with Crippen molar-refractivity contribution in [3.05, 3.63) is 34.3 Å². The summed E-state index contributed by atoms with van der Waals surface area (Å²) >= 11 is 3.47. The van der Waals surface area contributed by atoms with Gasteiger partial charge in [0.1, 0.15) is 0 Å². The van der Waals surface area contributed by atoms with Crippen LogP contribution in [0.3, 0.4) is 0 Å². The molecule has 1 atom stereocenters. The minimum absolute atomic E-state index is 0.771. The lowest BCUT2D eigenvalue weighted by atomic mass is 9.98. The molecular weight excluding hydrogens is 262 g/mol. The summed E-state index contributed by atoms with van der Waals surface area (Å²) in [6, 6.07) is 9.54. The summed E-state index contributed by atoms with van der Waals surface area (Å²) < 4.78 is 1.17. The molecule has 0 aromatic heterocycles. The molecule has 2 rings (SSSR count). The summed E-state index contributed by atoms with van der Waals surface area (Å²) in [7, 11) is 0. The van der Waals surface area contributed by atoms with Gasteiger partial charge in [-0.1, -0.05) is 35.0 Å². The van der Waals surface area contributed by atoms with Gasteiger partial charge in [-0.2, -0.15) is 0 Å². The molecule has 1 unspecified atom stereocenters. The first-order valence-corrected chi connectivity index (χ1v) is 7.01. The minimum atomic E-state index is 0.771. The lowest BCUT2D eigenvalue weighted by Gasteiger charge is -2.11. The molecule has 0 bridgehead atoms. The first-order valence-electron chi connectivity index (χ1n) is 6.22. The molecule has 16 heavy (non-hydrogen) atoms. The van der Waals surface area contributed by atoms with Crippen molar-refractivity contribution in [1.82, 2.24) is 5.32 Å². The molecule has 0 amide bonds. The highest BCUT2D eigenvalue weighted by Gasteiger charge is 2.19. The maximum absolute atomic E-state index is 3.57. The number of hydrogen-bond donors (Lipinski definition) is 1. The Hall–Kier alpha value is -0.340. The van der Waals surface area contributed by atoms with Crippen LogP contribution in [-0.4, -0.2) is 12.6 Å². The molecule has 1 aliphatic rings. The number of benzene rings is 1. The third kappa shape index (κ3) is 4.26. The molecule has 1 aromatic rings. The highest BCUT2D eigenvalue weighted by Crippen LogP contribution is 2.19. The third-order valence-electron chi connectivity index (χ3n) is 3.14. The van der Waals surface area contributed by atoms with E-state index in [-0.39, 0.29) is 0 Å². The summed E-state index contributed by atoms with van der Waals surface area (Å²) in [5.41, 5.74) is 1.45. The average Bonchev–Trinajstić information content (AvgIpc) is 3.05. The second kappa shape index (κ2) is 5.83. The Labute approximate surface area is 107 Å². The molecule has 0 saturated heterocycles. The van der Waals surface area contributed by atoms with Gasteiger partial charge in [-0.3, -0.25) is 0 Å². The van der Waals surface area contributed by atoms with Gasteiger partial charge in [0.2, 0.25) is 0 Å². The van der Waals surface area contributed by atoms with Gasteiger partial charge in [0.15, 0.2) is 0 Å². The van der Waals surface area contributed by atoms with Crippen molar-refractivity contribution in [3.63, 3.8) is 0 Å². The van der Waals surface area contributed by atoms with Crippen LogP contribution in [0.4, 0.5) is 0 Å². The van der Waals surface area contributed by atoms with Gasteiger partial charge in [0.05, 0.1) is 0 Å². The quantitative estimate of drug-likeness (QED) is 0.837. The highest BCUT2D eigenvalue weighted by atomic mass is 79.9. The lowest BCUT2D eigenvalue weighted by Crippen LogP contribution is -2.20. The van der Waals surface area contributed by atoms with Crippen LogP contribution in [0.5, 0.6) is 0 Å². The van der Waals surface area contributed by atoms with Gasteiger partial charge >= 0.3 is 0 Å². The van der Waals surface area contributed by atoms with E-state index in [1.54, 1.807) is 0 Å². The van der Waals surface area contributed by atoms with Gasteiger partial charge in [-0.15, -0.1) is 0 Å². The van der Waals surface area contributed by atoms with Crippen molar-refractivity contribution >= 4 is 15.9 Å². The molecule has 0 spiro atoms. The minimum Gasteiger partial charge on any atom is -0.314 e. The van der Waals surface area contributed by atoms with Gasteiger partial charge in [0, 0.05) is 10.5 Å². The Balaban J connectivity index is 1.68. The summed E-state index contributed by atoms with van der Waals surface area (Å²) in [4.78, 5) is 0. The van der Waals surface area contributed by atoms with E-state index in [0.29, 0.717) is 0 Å². The molecule has 2 heteroatoms. The molecule has 0 aliphatic heterocycles. The number of hydrogen-bond acceptors (Lipinski definition) is 1. The molecule has 1 N–H and O–H groups in total. The summed E-state index contributed by atoms with van der Waals surface area (Å²) in [5.74, 6) is 0.771. The fourth-order valence-corrected chi connectivity index (χ4v) is 2.21. The molecule has 1 fully saturated rings. The van der Waals surface area contributed by atoms with Crippen molar-refractivity contribution in [1.29, 1.82) is 0 Å². The van der Waals surface area contributed by atoms with Crippen LogP contribution < -0.4 is 5.32 Å². The Morgan fingerprint density at radius 2 is 2.00 bits per heavy atom. The van der Waals surface area contributed by atoms with Gasteiger partial charge < -0.3 is 5.32 Å². The van der Waals surface area contributed by atoms with E-state index >= 15 is 0 Å². The van der Waals surface area contributed by atoms with Crippen molar-refractivity contribution in [2.24, 2.45) is 5.92 Å². The zero-order valence-corrected chi connectivity index (χ0v) is 11.5. The van der Waals surface area contributed by atoms with Crippen molar-refractivity contribution in [2.75, 3.05) is 6.54 Å². The largest absolute Gasteiger partial charge is 0.314 e. The van der Waals surface area contributed by atoms with E-state index in [4.69, 9.17) is 0 Å². The summed E-state index contributed by atoms with van der Waals surface area (Å²) in [6.07, 6.45) is 5.26. The molecule has 1 nitrogen and oxygen atoms in total. The van der Waals surface area contributed by atoms with E-state index in [9.17, 15) is 0 Å².